The molecular weight excluding hydrogens is 435 g/mol. The van der Waals surface area contributed by atoms with Gasteiger partial charge in [0.1, 0.15) is 6.10 Å². The number of benzene rings is 2. The van der Waals surface area contributed by atoms with Crippen LogP contribution in [0.2, 0.25) is 0 Å². The van der Waals surface area contributed by atoms with Crippen molar-refractivity contribution in [2.45, 2.75) is 31.5 Å². The summed E-state index contributed by atoms with van der Waals surface area (Å²) in [6.45, 7) is 0.450. The zero-order chi connectivity index (χ0) is 23.4. The van der Waals surface area contributed by atoms with Crippen LogP contribution in [0.4, 0.5) is 24.5 Å². The van der Waals surface area contributed by atoms with Crippen molar-refractivity contribution in [1.29, 1.82) is 0 Å². The Labute approximate surface area is 188 Å². The minimum absolute atomic E-state index is 0.0126. The Balaban J connectivity index is 1.44. The molecule has 6 nitrogen and oxygen atoms in total. The monoisotopic (exact) mass is 457 g/mol. The number of aromatic nitrogens is 1. The average Bonchev–Trinajstić information content (AvgIpc) is 3.49. The van der Waals surface area contributed by atoms with Crippen molar-refractivity contribution in [2.75, 3.05) is 17.2 Å². The predicted molar refractivity (Wildman–Crippen MR) is 117 cm³/mol. The first-order chi connectivity index (χ1) is 15.8. The van der Waals surface area contributed by atoms with Gasteiger partial charge in [-0.05, 0) is 60.9 Å². The second-order valence-electron chi connectivity index (χ2n) is 7.73. The largest absolute Gasteiger partial charge is 0.418 e. The van der Waals surface area contributed by atoms with Crippen LogP contribution < -0.4 is 10.6 Å². The smallest absolute Gasteiger partial charge is 0.368 e. The third-order valence-electron chi connectivity index (χ3n) is 5.29. The number of anilines is 2. The van der Waals surface area contributed by atoms with Gasteiger partial charge in [0, 0.05) is 30.4 Å². The highest BCUT2D eigenvalue weighted by Crippen LogP contribution is 2.37. The van der Waals surface area contributed by atoms with E-state index in [1.54, 1.807) is 12.1 Å². The van der Waals surface area contributed by atoms with Gasteiger partial charge < -0.3 is 19.9 Å². The van der Waals surface area contributed by atoms with E-state index in [4.69, 9.17) is 4.74 Å². The van der Waals surface area contributed by atoms with Crippen molar-refractivity contribution < 1.29 is 27.5 Å². The molecule has 1 saturated heterocycles. The number of rotatable bonds is 6. The third kappa shape index (κ3) is 5.61. The van der Waals surface area contributed by atoms with Crippen molar-refractivity contribution in [3.8, 4) is 5.69 Å². The molecular formula is C24H22F3N3O3. The summed E-state index contributed by atoms with van der Waals surface area (Å²) in [7, 11) is 0. The number of nitrogens with zero attached hydrogens (tertiary/aromatic N) is 1. The van der Waals surface area contributed by atoms with E-state index in [1.807, 2.05) is 41.2 Å². The highest BCUT2D eigenvalue weighted by molar-refractivity contribution is 5.96. The molecule has 2 heterocycles. The molecule has 2 aromatic carbocycles. The van der Waals surface area contributed by atoms with Crippen LogP contribution in [0.25, 0.3) is 5.69 Å². The van der Waals surface area contributed by atoms with E-state index >= 15 is 0 Å². The fourth-order valence-corrected chi connectivity index (χ4v) is 3.65. The number of carbonyl (C=O) groups excluding carboxylic acids is 2. The Morgan fingerprint density at radius 2 is 1.76 bits per heavy atom. The lowest BCUT2D eigenvalue weighted by molar-refractivity contribution is -0.137. The van der Waals surface area contributed by atoms with Crippen molar-refractivity contribution in [3.05, 3.63) is 78.1 Å². The summed E-state index contributed by atoms with van der Waals surface area (Å²) in [5.74, 6) is -1.06. The van der Waals surface area contributed by atoms with Gasteiger partial charge in [-0.1, -0.05) is 12.1 Å². The first-order valence-electron chi connectivity index (χ1n) is 10.5. The van der Waals surface area contributed by atoms with Gasteiger partial charge in [0.2, 0.25) is 5.91 Å². The lowest BCUT2D eigenvalue weighted by Crippen LogP contribution is -2.27. The van der Waals surface area contributed by atoms with Crippen LogP contribution in [0.1, 0.15) is 24.0 Å². The van der Waals surface area contributed by atoms with Crippen LogP contribution in [0, 0.1) is 0 Å². The molecule has 3 aromatic rings. The van der Waals surface area contributed by atoms with Crippen LogP contribution in [0.15, 0.2) is 67.0 Å². The number of carbonyl (C=O) groups is 2. The molecule has 1 atom stereocenters. The van der Waals surface area contributed by atoms with Crippen LogP contribution in [-0.4, -0.2) is 29.1 Å². The van der Waals surface area contributed by atoms with E-state index < -0.39 is 29.7 Å². The molecule has 0 radical (unpaired) electrons. The Bertz CT molecular complexity index is 1120. The van der Waals surface area contributed by atoms with Gasteiger partial charge in [-0.15, -0.1) is 0 Å². The molecule has 4 rings (SSSR count). The molecule has 0 saturated carbocycles. The number of halogens is 3. The van der Waals surface area contributed by atoms with E-state index in [0.29, 0.717) is 18.6 Å². The first kappa shape index (κ1) is 22.6. The molecule has 172 valence electrons. The maximum Gasteiger partial charge on any atom is 0.418 e. The topological polar surface area (TPSA) is 72.4 Å². The van der Waals surface area contributed by atoms with E-state index in [-0.39, 0.29) is 17.8 Å². The zero-order valence-corrected chi connectivity index (χ0v) is 17.6. The third-order valence-corrected chi connectivity index (χ3v) is 5.29. The lowest BCUT2D eigenvalue weighted by Gasteiger charge is -2.17. The summed E-state index contributed by atoms with van der Waals surface area (Å²) in [6.07, 6.45) is -0.445. The summed E-state index contributed by atoms with van der Waals surface area (Å²) < 4.78 is 48.1. The van der Waals surface area contributed by atoms with Crippen LogP contribution in [-0.2, 0) is 26.9 Å². The highest BCUT2D eigenvalue weighted by atomic mass is 19.4. The predicted octanol–water partition coefficient (Wildman–Crippen LogP) is 4.79. The second-order valence-corrected chi connectivity index (χ2v) is 7.73. The van der Waals surface area contributed by atoms with E-state index in [2.05, 4.69) is 10.6 Å². The summed E-state index contributed by atoms with van der Waals surface area (Å²) in [5, 5.41) is 4.80. The number of alkyl halides is 3. The molecule has 0 bridgehead atoms. The van der Waals surface area contributed by atoms with Gasteiger partial charge in [-0.2, -0.15) is 13.2 Å². The van der Waals surface area contributed by atoms with Crippen LogP contribution in [0.3, 0.4) is 0 Å². The van der Waals surface area contributed by atoms with Crippen molar-refractivity contribution in [3.63, 3.8) is 0 Å². The fraction of sp³-hybridized carbons (Fsp3) is 0.250. The molecule has 33 heavy (non-hydrogen) atoms. The summed E-state index contributed by atoms with van der Waals surface area (Å²) in [4.78, 5) is 24.6. The summed E-state index contributed by atoms with van der Waals surface area (Å²) in [6, 6.07) is 14.2. The van der Waals surface area contributed by atoms with Crippen LogP contribution in [0.5, 0.6) is 0 Å². The van der Waals surface area contributed by atoms with E-state index in [9.17, 15) is 22.8 Å². The number of nitrogens with one attached hydrogen (secondary N) is 2. The second kappa shape index (κ2) is 9.50. The maximum atomic E-state index is 13.6. The molecule has 1 aromatic heterocycles. The fourth-order valence-electron chi connectivity index (χ4n) is 3.65. The molecule has 1 aliphatic rings. The molecule has 2 N–H and O–H groups in total. The molecule has 1 fully saturated rings. The Morgan fingerprint density at radius 3 is 2.39 bits per heavy atom. The number of amides is 2. The first-order valence-corrected chi connectivity index (χ1v) is 10.5. The average molecular weight is 457 g/mol. The zero-order valence-electron chi connectivity index (χ0n) is 17.6. The Morgan fingerprint density at radius 1 is 1.03 bits per heavy atom. The summed E-state index contributed by atoms with van der Waals surface area (Å²) in [5.41, 5.74) is 0.151. The van der Waals surface area contributed by atoms with Gasteiger partial charge in [0.25, 0.3) is 5.91 Å². The minimum atomic E-state index is -4.72. The van der Waals surface area contributed by atoms with Gasteiger partial charge in [0.05, 0.1) is 17.7 Å². The molecule has 1 unspecified atom stereocenters. The van der Waals surface area contributed by atoms with E-state index in [1.165, 1.54) is 6.07 Å². The SMILES string of the molecule is O=C(Cc1ccc(-n2cccc2)cc1)Nc1ccc(NC(=O)C2CCCO2)cc1C(F)(F)F. The minimum Gasteiger partial charge on any atom is -0.368 e. The number of hydrogen-bond donors (Lipinski definition) is 2. The molecule has 1 aliphatic heterocycles. The van der Waals surface area contributed by atoms with Crippen LogP contribution >= 0.6 is 0 Å². The van der Waals surface area contributed by atoms with Gasteiger partial charge in [-0.3, -0.25) is 9.59 Å². The van der Waals surface area contributed by atoms with Gasteiger partial charge in [-0.25, -0.2) is 0 Å². The Kier molecular flexibility index (Phi) is 6.50. The van der Waals surface area contributed by atoms with Crippen molar-refractivity contribution >= 4 is 23.2 Å². The van der Waals surface area contributed by atoms with Gasteiger partial charge >= 0.3 is 6.18 Å². The molecule has 0 spiro atoms. The Hall–Kier alpha value is -3.59. The molecule has 9 heteroatoms. The normalized spacial score (nSPS) is 15.9. The molecule has 2 amide bonds. The van der Waals surface area contributed by atoms with E-state index in [0.717, 1.165) is 24.2 Å². The van der Waals surface area contributed by atoms with Crippen molar-refractivity contribution in [2.24, 2.45) is 0 Å². The highest BCUT2D eigenvalue weighted by Gasteiger charge is 2.34. The van der Waals surface area contributed by atoms with Gasteiger partial charge in [0.15, 0.2) is 0 Å². The summed E-state index contributed by atoms with van der Waals surface area (Å²) >= 11 is 0. The maximum absolute atomic E-state index is 13.6. The lowest BCUT2D eigenvalue weighted by atomic mass is 10.1. The van der Waals surface area contributed by atoms with Crippen molar-refractivity contribution in [1.82, 2.24) is 4.57 Å². The number of hydrogen-bond acceptors (Lipinski definition) is 3. The quantitative estimate of drug-likeness (QED) is 0.559. The standard InChI is InChI=1S/C24H22F3N3O3/c25-24(26,27)19-15-17(28-23(32)21-4-3-13-33-21)7-10-20(19)29-22(31)14-16-5-8-18(9-6-16)30-11-1-2-12-30/h1-2,5-12,15,21H,3-4,13-14H2,(H,28,32)(H,29,31). The number of ether oxygens (including phenoxy) is 1. The molecule has 0 aliphatic carbocycles.